The molecule has 0 fully saturated rings. The summed E-state index contributed by atoms with van der Waals surface area (Å²) >= 11 is 0. The van der Waals surface area contributed by atoms with Gasteiger partial charge in [-0.2, -0.15) is 13.2 Å². The molecule has 0 aliphatic heterocycles. The van der Waals surface area contributed by atoms with E-state index >= 15 is 0 Å². The highest BCUT2D eigenvalue weighted by atomic mass is 19.4. The quantitative estimate of drug-likeness (QED) is 0.681. The number of esters is 1. The predicted octanol–water partition coefficient (Wildman–Crippen LogP) is 2.14. The molecule has 20 heavy (non-hydrogen) atoms. The minimum atomic E-state index is -4.45. The van der Waals surface area contributed by atoms with Crippen LogP contribution in [0.4, 0.5) is 13.2 Å². The molecule has 0 saturated heterocycles. The summed E-state index contributed by atoms with van der Waals surface area (Å²) in [4.78, 5) is 21.9. The minimum Gasteiger partial charge on any atom is -0.449 e. The molecular formula is C13H12F3NO3. The van der Waals surface area contributed by atoms with Crippen molar-refractivity contribution >= 4 is 18.0 Å². The van der Waals surface area contributed by atoms with E-state index in [1.165, 1.54) is 19.1 Å². The van der Waals surface area contributed by atoms with Gasteiger partial charge in [-0.1, -0.05) is 12.1 Å². The third-order valence-corrected chi connectivity index (χ3v) is 2.32. The number of nitrogens with two attached hydrogens (primary N) is 1. The highest BCUT2D eigenvalue weighted by molar-refractivity contribution is 5.89. The zero-order valence-electron chi connectivity index (χ0n) is 10.5. The number of primary amides is 1. The number of rotatable bonds is 4. The smallest absolute Gasteiger partial charge is 0.416 e. The minimum absolute atomic E-state index is 0.184. The van der Waals surface area contributed by atoms with E-state index in [-0.39, 0.29) is 5.56 Å². The molecule has 1 rings (SSSR count). The molecule has 0 heterocycles. The van der Waals surface area contributed by atoms with Gasteiger partial charge in [-0.25, -0.2) is 4.79 Å². The lowest BCUT2D eigenvalue weighted by Crippen LogP contribution is -2.29. The molecule has 0 aromatic heterocycles. The summed E-state index contributed by atoms with van der Waals surface area (Å²) in [5.41, 5.74) is 4.26. The molecule has 1 aromatic rings. The third-order valence-electron chi connectivity index (χ3n) is 2.32. The molecule has 108 valence electrons. The third kappa shape index (κ3) is 4.75. The Hall–Kier alpha value is -2.31. The average molecular weight is 287 g/mol. The average Bonchev–Trinajstić information content (AvgIpc) is 2.35. The van der Waals surface area contributed by atoms with Crippen LogP contribution in [0.2, 0.25) is 0 Å². The number of hydrogen-bond acceptors (Lipinski definition) is 3. The molecule has 7 heteroatoms. The second-order valence-electron chi connectivity index (χ2n) is 3.94. The van der Waals surface area contributed by atoms with E-state index in [4.69, 9.17) is 5.73 Å². The number of hydrogen-bond donors (Lipinski definition) is 1. The largest absolute Gasteiger partial charge is 0.449 e. The van der Waals surface area contributed by atoms with Crippen LogP contribution in [0.3, 0.4) is 0 Å². The van der Waals surface area contributed by atoms with Crippen molar-refractivity contribution in [2.75, 3.05) is 0 Å². The van der Waals surface area contributed by atoms with Gasteiger partial charge in [0, 0.05) is 6.08 Å². The lowest BCUT2D eigenvalue weighted by Gasteiger charge is -2.07. The standard InChI is InChI=1S/C13H12F3NO3/c1-8(12(17)19)20-11(18)6-5-9-3-2-4-10(7-9)13(14,15)16/h2-8H,1H3,(H2,17,19)/b6-5-/t8-/m0/s1. The van der Waals surface area contributed by atoms with Gasteiger partial charge in [-0.15, -0.1) is 0 Å². The molecule has 0 bridgehead atoms. The number of carbonyl (C=O) groups is 2. The topological polar surface area (TPSA) is 69.4 Å². The normalized spacial score (nSPS) is 13.2. The molecule has 0 aliphatic rings. The summed E-state index contributed by atoms with van der Waals surface area (Å²) < 4.78 is 42.0. The van der Waals surface area contributed by atoms with Gasteiger partial charge in [-0.05, 0) is 30.7 Å². The summed E-state index contributed by atoms with van der Waals surface area (Å²) in [6, 6.07) is 4.43. The predicted molar refractivity (Wildman–Crippen MR) is 65.2 cm³/mol. The Morgan fingerprint density at radius 2 is 2.00 bits per heavy atom. The molecule has 1 atom stereocenters. The number of carbonyl (C=O) groups excluding carboxylic acids is 2. The van der Waals surface area contributed by atoms with Crippen molar-refractivity contribution in [3.05, 3.63) is 41.5 Å². The lowest BCUT2D eigenvalue weighted by molar-refractivity contribution is -0.148. The first-order valence-corrected chi connectivity index (χ1v) is 5.55. The van der Waals surface area contributed by atoms with Gasteiger partial charge in [0.25, 0.3) is 5.91 Å². The first-order chi connectivity index (χ1) is 9.20. The van der Waals surface area contributed by atoms with Gasteiger partial charge < -0.3 is 10.5 Å². The number of ether oxygens (including phenoxy) is 1. The second kappa shape index (κ2) is 6.23. The van der Waals surface area contributed by atoms with Gasteiger partial charge in [0.1, 0.15) is 0 Å². The zero-order chi connectivity index (χ0) is 15.3. The van der Waals surface area contributed by atoms with Crippen LogP contribution in [-0.4, -0.2) is 18.0 Å². The maximum absolute atomic E-state index is 12.5. The van der Waals surface area contributed by atoms with E-state index in [0.29, 0.717) is 0 Å². The first kappa shape index (κ1) is 15.7. The maximum Gasteiger partial charge on any atom is 0.416 e. The van der Waals surface area contributed by atoms with Crippen LogP contribution in [-0.2, 0) is 20.5 Å². The van der Waals surface area contributed by atoms with Crippen molar-refractivity contribution in [2.24, 2.45) is 5.73 Å². The van der Waals surface area contributed by atoms with Gasteiger partial charge in [0.2, 0.25) is 0 Å². The number of benzene rings is 1. The highest BCUT2D eigenvalue weighted by Gasteiger charge is 2.30. The Labute approximate surface area is 113 Å². The number of halogens is 3. The second-order valence-corrected chi connectivity index (χ2v) is 3.94. The van der Waals surface area contributed by atoms with E-state index in [2.05, 4.69) is 4.74 Å². The van der Waals surface area contributed by atoms with E-state index in [1.807, 2.05) is 0 Å². The maximum atomic E-state index is 12.5. The van der Waals surface area contributed by atoms with E-state index in [1.54, 1.807) is 0 Å². The zero-order valence-corrected chi connectivity index (χ0v) is 10.5. The fourth-order valence-electron chi connectivity index (χ4n) is 1.25. The van der Waals surface area contributed by atoms with Crippen molar-refractivity contribution < 1.29 is 27.5 Å². The van der Waals surface area contributed by atoms with E-state index in [9.17, 15) is 22.8 Å². The van der Waals surface area contributed by atoms with Gasteiger partial charge in [0.15, 0.2) is 6.10 Å². The number of amides is 1. The van der Waals surface area contributed by atoms with Crippen LogP contribution < -0.4 is 5.73 Å². The Kier molecular flexibility index (Phi) is 4.90. The fraction of sp³-hybridized carbons (Fsp3) is 0.231. The monoisotopic (exact) mass is 287 g/mol. The van der Waals surface area contributed by atoms with E-state index in [0.717, 1.165) is 24.3 Å². The summed E-state index contributed by atoms with van der Waals surface area (Å²) in [5.74, 6) is -1.68. The summed E-state index contributed by atoms with van der Waals surface area (Å²) in [7, 11) is 0. The Morgan fingerprint density at radius 3 is 2.55 bits per heavy atom. The van der Waals surface area contributed by atoms with Gasteiger partial charge in [-0.3, -0.25) is 4.79 Å². The van der Waals surface area contributed by atoms with Crippen molar-refractivity contribution in [2.45, 2.75) is 19.2 Å². The summed E-state index contributed by atoms with van der Waals surface area (Å²) in [6.45, 7) is 1.29. The van der Waals surface area contributed by atoms with Crippen molar-refractivity contribution in [1.82, 2.24) is 0 Å². The summed E-state index contributed by atoms with van der Waals surface area (Å²) in [5, 5.41) is 0. The fourth-order valence-corrected chi connectivity index (χ4v) is 1.25. The van der Waals surface area contributed by atoms with E-state index < -0.39 is 29.7 Å². The van der Waals surface area contributed by atoms with Crippen LogP contribution in [0, 0.1) is 0 Å². The van der Waals surface area contributed by atoms with Crippen LogP contribution >= 0.6 is 0 Å². The van der Waals surface area contributed by atoms with Gasteiger partial charge in [0.05, 0.1) is 5.56 Å². The lowest BCUT2D eigenvalue weighted by atomic mass is 10.1. The van der Waals surface area contributed by atoms with Crippen molar-refractivity contribution in [3.63, 3.8) is 0 Å². The molecule has 0 aliphatic carbocycles. The number of alkyl halides is 3. The Balaban J connectivity index is 2.76. The molecular weight excluding hydrogens is 275 g/mol. The first-order valence-electron chi connectivity index (χ1n) is 5.55. The summed E-state index contributed by atoms with van der Waals surface area (Å²) in [6.07, 6.45) is -3.47. The molecule has 0 spiro atoms. The molecule has 1 amide bonds. The molecule has 0 saturated carbocycles. The Morgan fingerprint density at radius 1 is 1.35 bits per heavy atom. The van der Waals surface area contributed by atoms with Crippen molar-refractivity contribution in [3.8, 4) is 0 Å². The van der Waals surface area contributed by atoms with Crippen molar-refractivity contribution in [1.29, 1.82) is 0 Å². The van der Waals surface area contributed by atoms with Crippen LogP contribution in [0.1, 0.15) is 18.1 Å². The van der Waals surface area contributed by atoms with Crippen LogP contribution in [0.15, 0.2) is 30.3 Å². The molecule has 0 unspecified atom stereocenters. The van der Waals surface area contributed by atoms with Crippen LogP contribution in [0.5, 0.6) is 0 Å². The van der Waals surface area contributed by atoms with Gasteiger partial charge >= 0.3 is 12.1 Å². The Bertz CT molecular complexity index is 538. The molecule has 4 nitrogen and oxygen atoms in total. The molecule has 0 radical (unpaired) electrons. The molecule has 1 aromatic carbocycles. The van der Waals surface area contributed by atoms with Crippen LogP contribution in [0.25, 0.3) is 6.08 Å². The molecule has 2 N–H and O–H groups in total. The SMILES string of the molecule is C[C@H](OC(=O)/C=C\c1cccc(C(F)(F)F)c1)C(N)=O. The highest BCUT2D eigenvalue weighted by Crippen LogP contribution is 2.29.